The van der Waals surface area contributed by atoms with E-state index in [0.29, 0.717) is 30.2 Å². The van der Waals surface area contributed by atoms with Crippen molar-refractivity contribution in [2.24, 2.45) is 7.05 Å². The van der Waals surface area contributed by atoms with Crippen LogP contribution in [0.5, 0.6) is 11.5 Å². The first kappa shape index (κ1) is 16.9. The Labute approximate surface area is 162 Å². The van der Waals surface area contributed by atoms with Crippen LogP contribution in [0.15, 0.2) is 41.0 Å². The molecule has 1 aromatic carbocycles. The van der Waals surface area contributed by atoms with Gasteiger partial charge < -0.3 is 18.8 Å². The second kappa shape index (κ2) is 6.74. The number of hydrogen-bond donors (Lipinski definition) is 0. The zero-order chi connectivity index (χ0) is 19.1. The Hall–Kier alpha value is -3.22. The summed E-state index contributed by atoms with van der Waals surface area (Å²) in [6, 6.07) is 9.00. The summed E-state index contributed by atoms with van der Waals surface area (Å²) in [7, 11) is 1.98. The Morgan fingerprint density at radius 1 is 1.18 bits per heavy atom. The van der Waals surface area contributed by atoms with Gasteiger partial charge in [-0.3, -0.25) is 9.48 Å². The van der Waals surface area contributed by atoms with Crippen LogP contribution in [-0.4, -0.2) is 27.4 Å². The number of ether oxygens (including phenoxy) is 2. The van der Waals surface area contributed by atoms with Gasteiger partial charge in [-0.2, -0.15) is 5.10 Å². The standard InChI is InChI=1S/C21H21N3O4/c1-23-18-6-2-5-16(18)17(22-23)12-24(11-15-4-3-9-26-15)21(25)14-7-8-19-20(10-14)28-13-27-19/h3-4,7-10H,2,5-6,11-13H2,1H3. The lowest BCUT2D eigenvalue weighted by atomic mass is 10.1. The van der Waals surface area contributed by atoms with E-state index in [-0.39, 0.29) is 12.7 Å². The highest BCUT2D eigenvalue weighted by molar-refractivity contribution is 5.95. The zero-order valence-electron chi connectivity index (χ0n) is 15.7. The highest BCUT2D eigenvalue weighted by atomic mass is 16.7. The van der Waals surface area contributed by atoms with Crippen LogP contribution in [0.2, 0.25) is 0 Å². The van der Waals surface area contributed by atoms with Gasteiger partial charge in [0.05, 0.1) is 25.0 Å². The van der Waals surface area contributed by atoms with Crippen molar-refractivity contribution in [2.45, 2.75) is 32.4 Å². The number of amides is 1. The summed E-state index contributed by atoms with van der Waals surface area (Å²) in [6.07, 6.45) is 4.83. The van der Waals surface area contributed by atoms with E-state index in [4.69, 9.17) is 13.9 Å². The van der Waals surface area contributed by atoms with Crippen molar-refractivity contribution < 1.29 is 18.7 Å². The topological polar surface area (TPSA) is 69.7 Å². The Morgan fingerprint density at radius 2 is 2.07 bits per heavy atom. The minimum Gasteiger partial charge on any atom is -0.467 e. The third-order valence-electron chi connectivity index (χ3n) is 5.37. The first-order chi connectivity index (χ1) is 13.7. The average molecular weight is 379 g/mol. The first-order valence-electron chi connectivity index (χ1n) is 9.44. The molecule has 0 N–H and O–H groups in total. The molecule has 1 aliphatic carbocycles. The van der Waals surface area contributed by atoms with E-state index in [1.807, 2.05) is 23.9 Å². The summed E-state index contributed by atoms with van der Waals surface area (Å²) >= 11 is 0. The van der Waals surface area contributed by atoms with Gasteiger partial charge in [-0.05, 0) is 55.2 Å². The van der Waals surface area contributed by atoms with Crippen LogP contribution >= 0.6 is 0 Å². The molecule has 7 nitrogen and oxygen atoms in total. The van der Waals surface area contributed by atoms with E-state index in [9.17, 15) is 4.79 Å². The van der Waals surface area contributed by atoms with E-state index < -0.39 is 0 Å². The van der Waals surface area contributed by atoms with Crippen LogP contribution in [0.3, 0.4) is 0 Å². The quantitative estimate of drug-likeness (QED) is 0.681. The Morgan fingerprint density at radius 3 is 2.93 bits per heavy atom. The van der Waals surface area contributed by atoms with Gasteiger partial charge in [0.25, 0.3) is 5.91 Å². The summed E-state index contributed by atoms with van der Waals surface area (Å²) in [5, 5.41) is 4.68. The molecule has 144 valence electrons. The summed E-state index contributed by atoms with van der Waals surface area (Å²) in [5.41, 5.74) is 4.09. The molecule has 0 atom stereocenters. The maximum Gasteiger partial charge on any atom is 0.254 e. The van der Waals surface area contributed by atoms with Crippen LogP contribution in [-0.2, 0) is 33.0 Å². The van der Waals surface area contributed by atoms with Gasteiger partial charge in [0, 0.05) is 18.3 Å². The van der Waals surface area contributed by atoms with E-state index in [0.717, 1.165) is 30.7 Å². The molecular weight excluding hydrogens is 358 g/mol. The zero-order valence-corrected chi connectivity index (χ0v) is 15.7. The third-order valence-corrected chi connectivity index (χ3v) is 5.37. The molecule has 0 fully saturated rings. The highest BCUT2D eigenvalue weighted by Gasteiger charge is 2.26. The van der Waals surface area contributed by atoms with Crippen LogP contribution in [0, 0.1) is 0 Å². The van der Waals surface area contributed by atoms with Crippen LogP contribution in [0.25, 0.3) is 0 Å². The second-order valence-corrected chi connectivity index (χ2v) is 7.16. The minimum atomic E-state index is -0.0906. The van der Waals surface area contributed by atoms with Gasteiger partial charge >= 0.3 is 0 Å². The van der Waals surface area contributed by atoms with E-state index in [1.165, 1.54) is 11.3 Å². The first-order valence-corrected chi connectivity index (χ1v) is 9.44. The summed E-state index contributed by atoms with van der Waals surface area (Å²) in [6.45, 7) is 1.01. The number of carbonyl (C=O) groups is 1. The van der Waals surface area contributed by atoms with Gasteiger partial charge in [0.2, 0.25) is 6.79 Å². The van der Waals surface area contributed by atoms with Crippen molar-refractivity contribution in [3.05, 3.63) is 64.9 Å². The fraction of sp³-hybridized carbons (Fsp3) is 0.333. The van der Waals surface area contributed by atoms with Gasteiger partial charge in [-0.25, -0.2) is 0 Å². The van der Waals surface area contributed by atoms with E-state index >= 15 is 0 Å². The van der Waals surface area contributed by atoms with E-state index in [2.05, 4.69) is 5.10 Å². The normalized spacial score (nSPS) is 14.3. The number of aryl methyl sites for hydroxylation is 1. The van der Waals surface area contributed by atoms with E-state index in [1.54, 1.807) is 29.4 Å². The molecule has 1 aliphatic heterocycles. The number of carbonyl (C=O) groups excluding carboxylic acids is 1. The molecular formula is C21H21N3O4. The maximum atomic E-state index is 13.3. The van der Waals surface area contributed by atoms with Crippen molar-refractivity contribution in [3.8, 4) is 11.5 Å². The largest absolute Gasteiger partial charge is 0.467 e. The third kappa shape index (κ3) is 2.93. The Balaban J connectivity index is 1.46. The molecule has 0 saturated heterocycles. The number of nitrogens with zero attached hydrogens (tertiary/aromatic N) is 3. The minimum absolute atomic E-state index is 0.0906. The second-order valence-electron chi connectivity index (χ2n) is 7.16. The monoisotopic (exact) mass is 379 g/mol. The number of furan rings is 1. The van der Waals surface area contributed by atoms with Crippen LogP contribution in [0.1, 0.15) is 39.5 Å². The molecule has 0 radical (unpaired) electrons. The fourth-order valence-electron chi connectivity index (χ4n) is 4.01. The summed E-state index contributed by atoms with van der Waals surface area (Å²) < 4.78 is 18.2. The molecule has 7 heteroatoms. The van der Waals surface area contributed by atoms with Crippen molar-refractivity contribution in [3.63, 3.8) is 0 Å². The number of aromatic nitrogens is 2. The van der Waals surface area contributed by atoms with Crippen molar-refractivity contribution in [1.29, 1.82) is 0 Å². The predicted octanol–water partition coefficient (Wildman–Crippen LogP) is 3.07. The number of hydrogen-bond acceptors (Lipinski definition) is 5. The van der Waals surface area contributed by atoms with Gasteiger partial charge in [0.15, 0.2) is 11.5 Å². The molecule has 0 spiro atoms. The molecule has 28 heavy (non-hydrogen) atoms. The molecule has 0 unspecified atom stereocenters. The maximum absolute atomic E-state index is 13.3. The van der Waals surface area contributed by atoms with Crippen LogP contribution in [0.4, 0.5) is 0 Å². The summed E-state index contributed by atoms with van der Waals surface area (Å²) in [5.74, 6) is 1.91. The lowest BCUT2D eigenvalue weighted by Gasteiger charge is -2.21. The summed E-state index contributed by atoms with van der Waals surface area (Å²) in [4.78, 5) is 15.1. The lowest BCUT2D eigenvalue weighted by Crippen LogP contribution is -2.30. The number of benzene rings is 1. The van der Waals surface area contributed by atoms with Gasteiger partial charge in [-0.1, -0.05) is 0 Å². The number of rotatable bonds is 5. The lowest BCUT2D eigenvalue weighted by molar-refractivity contribution is 0.0714. The van der Waals surface area contributed by atoms with Gasteiger partial charge in [-0.15, -0.1) is 0 Å². The molecule has 3 aromatic rings. The van der Waals surface area contributed by atoms with Gasteiger partial charge in [0.1, 0.15) is 5.76 Å². The predicted molar refractivity (Wildman–Crippen MR) is 100 cm³/mol. The molecule has 2 aromatic heterocycles. The Kier molecular flexibility index (Phi) is 4.07. The molecule has 1 amide bonds. The molecule has 2 aliphatic rings. The molecule has 0 bridgehead atoms. The van der Waals surface area contributed by atoms with Crippen LogP contribution < -0.4 is 9.47 Å². The average Bonchev–Trinajstić information content (AvgIpc) is 3.48. The smallest absolute Gasteiger partial charge is 0.254 e. The fourth-order valence-corrected chi connectivity index (χ4v) is 4.01. The number of fused-ring (bicyclic) bond motifs is 2. The molecule has 5 rings (SSSR count). The van der Waals surface area contributed by atoms with Crippen molar-refractivity contribution in [1.82, 2.24) is 14.7 Å². The SMILES string of the molecule is Cn1nc(CN(Cc2ccco2)C(=O)c2ccc3c(c2)OCO3)c2c1CCC2. The van der Waals surface area contributed by atoms with Crippen molar-refractivity contribution in [2.75, 3.05) is 6.79 Å². The van der Waals surface area contributed by atoms with Crippen molar-refractivity contribution >= 4 is 5.91 Å². The Bertz CT molecular complexity index is 1020. The molecule has 0 saturated carbocycles. The highest BCUT2D eigenvalue weighted by Crippen LogP contribution is 2.33. The molecule has 3 heterocycles.